The van der Waals surface area contributed by atoms with E-state index in [0.717, 1.165) is 0 Å². The largest absolute Gasteiger partial charge is 0.428 e. The molecule has 0 aromatic heterocycles. The van der Waals surface area contributed by atoms with E-state index in [1.165, 1.54) is 0 Å². The second-order valence-electron chi connectivity index (χ2n) is 3.11. The van der Waals surface area contributed by atoms with Crippen molar-refractivity contribution in [2.45, 2.75) is 6.23 Å². The van der Waals surface area contributed by atoms with Gasteiger partial charge in [0, 0.05) is 0 Å². The summed E-state index contributed by atoms with van der Waals surface area (Å²) in [5, 5.41) is 4.12. The van der Waals surface area contributed by atoms with Crippen LogP contribution in [0.5, 0.6) is 0 Å². The minimum atomic E-state index is -1.25. The molecule has 6 nitrogen and oxygen atoms in total. The molecule has 2 N–H and O–H groups in total. The van der Waals surface area contributed by atoms with Gasteiger partial charge < -0.3 is 4.74 Å². The van der Waals surface area contributed by atoms with Gasteiger partial charge in [-0.3, -0.25) is 15.4 Å². The standard InChI is InChI=1S/C10H8N2O4/c13-7-8(12-10(15)11-7)16-9(14)6-4-2-1-3-5-6/h1-5,8H,(H2,11,12,13,15). The molecule has 1 atom stereocenters. The van der Waals surface area contributed by atoms with Crippen LogP contribution in [-0.2, 0) is 9.53 Å². The lowest BCUT2D eigenvalue weighted by atomic mass is 10.2. The van der Waals surface area contributed by atoms with Crippen LogP contribution in [0, 0.1) is 0 Å². The highest BCUT2D eigenvalue weighted by Crippen LogP contribution is 2.04. The van der Waals surface area contributed by atoms with E-state index in [-0.39, 0.29) is 0 Å². The molecule has 6 heteroatoms. The Morgan fingerprint density at radius 2 is 1.88 bits per heavy atom. The lowest BCUT2D eigenvalue weighted by Gasteiger charge is -2.08. The van der Waals surface area contributed by atoms with E-state index in [4.69, 9.17) is 4.74 Å². The predicted octanol–water partition coefficient (Wildman–Crippen LogP) is 0.00890. The van der Waals surface area contributed by atoms with Crippen LogP contribution in [0.25, 0.3) is 0 Å². The Labute approximate surface area is 90.6 Å². The Kier molecular flexibility index (Phi) is 2.55. The SMILES string of the molecule is O=C1NC(=O)C(OC(=O)c2ccccc2)N1. The van der Waals surface area contributed by atoms with Gasteiger partial charge in [0.25, 0.3) is 12.1 Å². The normalized spacial score (nSPS) is 18.9. The van der Waals surface area contributed by atoms with E-state index in [0.29, 0.717) is 5.56 Å². The Morgan fingerprint density at radius 3 is 2.44 bits per heavy atom. The molecule has 0 spiro atoms. The van der Waals surface area contributed by atoms with Gasteiger partial charge in [0.2, 0.25) is 0 Å². The molecule has 1 unspecified atom stereocenters. The Bertz CT molecular complexity index is 443. The maximum atomic E-state index is 11.5. The second kappa shape index (κ2) is 4.01. The third-order valence-electron chi connectivity index (χ3n) is 1.97. The number of benzene rings is 1. The van der Waals surface area contributed by atoms with Gasteiger partial charge in [-0.15, -0.1) is 0 Å². The number of imide groups is 1. The molecule has 1 heterocycles. The highest BCUT2D eigenvalue weighted by Gasteiger charge is 2.32. The second-order valence-corrected chi connectivity index (χ2v) is 3.11. The Morgan fingerprint density at radius 1 is 1.19 bits per heavy atom. The number of urea groups is 1. The summed E-state index contributed by atoms with van der Waals surface area (Å²) in [6.45, 7) is 0. The van der Waals surface area contributed by atoms with Gasteiger partial charge in [-0.25, -0.2) is 9.59 Å². The predicted molar refractivity (Wildman–Crippen MR) is 52.3 cm³/mol. The van der Waals surface area contributed by atoms with E-state index in [1.54, 1.807) is 30.3 Å². The van der Waals surface area contributed by atoms with Crippen LogP contribution in [0.1, 0.15) is 10.4 Å². The Balaban J connectivity index is 2.03. The fraction of sp³-hybridized carbons (Fsp3) is 0.100. The highest BCUT2D eigenvalue weighted by molar-refractivity contribution is 6.04. The maximum absolute atomic E-state index is 11.5. The number of ether oxygens (including phenoxy) is 1. The summed E-state index contributed by atoms with van der Waals surface area (Å²) in [6, 6.07) is 7.53. The molecule has 1 aromatic carbocycles. The average molecular weight is 220 g/mol. The molecule has 0 aliphatic carbocycles. The molecule has 3 amide bonds. The van der Waals surface area contributed by atoms with Crippen molar-refractivity contribution in [3.05, 3.63) is 35.9 Å². The molecule has 0 radical (unpaired) electrons. The number of rotatable bonds is 2. The fourth-order valence-electron chi connectivity index (χ4n) is 1.23. The number of hydrogen-bond acceptors (Lipinski definition) is 4. The van der Waals surface area contributed by atoms with Gasteiger partial charge in [0.05, 0.1) is 5.56 Å². The molecule has 16 heavy (non-hydrogen) atoms. The first-order valence-corrected chi connectivity index (χ1v) is 4.54. The van der Waals surface area contributed by atoms with Crippen molar-refractivity contribution in [2.24, 2.45) is 0 Å². The van der Waals surface area contributed by atoms with Crippen molar-refractivity contribution in [1.29, 1.82) is 0 Å². The van der Waals surface area contributed by atoms with Crippen LogP contribution in [0.3, 0.4) is 0 Å². The van der Waals surface area contributed by atoms with E-state index in [1.807, 2.05) is 5.32 Å². The van der Waals surface area contributed by atoms with Gasteiger partial charge in [0.1, 0.15) is 0 Å². The third kappa shape index (κ3) is 2.00. The number of hydrogen-bond donors (Lipinski definition) is 2. The van der Waals surface area contributed by atoms with E-state index in [9.17, 15) is 14.4 Å². The molecule has 1 fully saturated rings. The van der Waals surface area contributed by atoms with Crippen molar-refractivity contribution < 1.29 is 19.1 Å². The molecule has 82 valence electrons. The molecular formula is C10H8N2O4. The first-order valence-electron chi connectivity index (χ1n) is 4.54. The third-order valence-corrected chi connectivity index (χ3v) is 1.97. The van der Waals surface area contributed by atoms with Crippen molar-refractivity contribution >= 4 is 17.9 Å². The van der Waals surface area contributed by atoms with Crippen molar-refractivity contribution in [2.75, 3.05) is 0 Å². The molecule has 1 aliphatic rings. The number of esters is 1. The zero-order valence-corrected chi connectivity index (χ0v) is 8.10. The van der Waals surface area contributed by atoms with Gasteiger partial charge >= 0.3 is 12.0 Å². The minimum absolute atomic E-state index is 0.316. The summed E-state index contributed by atoms with van der Waals surface area (Å²) in [6.07, 6.45) is -1.25. The van der Waals surface area contributed by atoms with Crippen molar-refractivity contribution in [1.82, 2.24) is 10.6 Å². The van der Waals surface area contributed by atoms with Crippen molar-refractivity contribution in [3.8, 4) is 0 Å². The lowest BCUT2D eigenvalue weighted by molar-refractivity contribution is -0.127. The summed E-state index contributed by atoms with van der Waals surface area (Å²) < 4.78 is 4.80. The van der Waals surface area contributed by atoms with E-state index < -0.39 is 24.1 Å². The molecule has 0 saturated carbocycles. The quantitative estimate of drug-likeness (QED) is 0.543. The molecule has 0 bridgehead atoms. The van der Waals surface area contributed by atoms with Crippen LogP contribution in [0.2, 0.25) is 0 Å². The summed E-state index contributed by atoms with van der Waals surface area (Å²) in [5.74, 6) is -1.34. The van der Waals surface area contributed by atoms with E-state index in [2.05, 4.69) is 5.32 Å². The zero-order chi connectivity index (χ0) is 11.5. The highest BCUT2D eigenvalue weighted by atomic mass is 16.6. The van der Waals surface area contributed by atoms with Crippen LogP contribution in [0.15, 0.2) is 30.3 Å². The van der Waals surface area contributed by atoms with Crippen molar-refractivity contribution in [3.63, 3.8) is 0 Å². The number of amides is 3. The first kappa shape index (κ1) is 10.2. The van der Waals surface area contributed by atoms with Crippen LogP contribution < -0.4 is 10.6 Å². The number of carbonyl (C=O) groups excluding carboxylic acids is 3. The average Bonchev–Trinajstić information content (AvgIpc) is 2.59. The Hall–Kier alpha value is -2.37. The fourth-order valence-corrected chi connectivity index (χ4v) is 1.23. The van der Waals surface area contributed by atoms with Gasteiger partial charge in [0.15, 0.2) is 0 Å². The zero-order valence-electron chi connectivity index (χ0n) is 8.10. The number of carbonyl (C=O) groups is 3. The maximum Gasteiger partial charge on any atom is 0.340 e. The summed E-state index contributed by atoms with van der Waals surface area (Å²) in [7, 11) is 0. The topological polar surface area (TPSA) is 84.5 Å². The minimum Gasteiger partial charge on any atom is -0.428 e. The lowest BCUT2D eigenvalue weighted by Crippen LogP contribution is -2.34. The van der Waals surface area contributed by atoms with Crippen LogP contribution in [-0.4, -0.2) is 24.1 Å². The van der Waals surface area contributed by atoms with Gasteiger partial charge in [-0.05, 0) is 12.1 Å². The smallest absolute Gasteiger partial charge is 0.340 e. The summed E-state index contributed by atoms with van der Waals surface area (Å²) in [5.41, 5.74) is 0.316. The molecule has 1 aromatic rings. The molecule has 1 saturated heterocycles. The van der Waals surface area contributed by atoms with Gasteiger partial charge in [-0.1, -0.05) is 18.2 Å². The molecule has 2 rings (SSSR count). The number of nitrogens with one attached hydrogen (secondary N) is 2. The first-order chi connectivity index (χ1) is 7.66. The molecular weight excluding hydrogens is 212 g/mol. The molecule has 1 aliphatic heterocycles. The van der Waals surface area contributed by atoms with Crippen LogP contribution >= 0.6 is 0 Å². The van der Waals surface area contributed by atoms with Crippen LogP contribution in [0.4, 0.5) is 4.79 Å². The van der Waals surface area contributed by atoms with Gasteiger partial charge in [-0.2, -0.15) is 0 Å². The van der Waals surface area contributed by atoms with E-state index >= 15 is 0 Å². The monoisotopic (exact) mass is 220 g/mol. The summed E-state index contributed by atoms with van der Waals surface area (Å²) in [4.78, 5) is 33.3. The summed E-state index contributed by atoms with van der Waals surface area (Å²) >= 11 is 0.